The van der Waals surface area contributed by atoms with E-state index in [1.165, 1.54) is 5.56 Å². The first-order valence-corrected chi connectivity index (χ1v) is 13.8. The average molecular weight is 489 g/mol. The molecule has 0 spiro atoms. The second-order valence-corrected chi connectivity index (χ2v) is 10.4. The molecular formula is C29H44O6. The summed E-state index contributed by atoms with van der Waals surface area (Å²) in [4.78, 5) is 11.7. The van der Waals surface area contributed by atoms with Crippen LogP contribution in [-0.2, 0) is 34.9 Å². The van der Waals surface area contributed by atoms with Gasteiger partial charge in [-0.2, -0.15) is 0 Å². The highest BCUT2D eigenvalue weighted by molar-refractivity contribution is 5.50. The molecule has 6 nitrogen and oxygen atoms in total. The Balaban J connectivity index is 1.40. The van der Waals surface area contributed by atoms with Gasteiger partial charge in [0.25, 0.3) is 0 Å². The maximum Gasteiger partial charge on any atom is 0.157 e. The van der Waals surface area contributed by atoms with E-state index < -0.39 is 0 Å². The van der Waals surface area contributed by atoms with Crippen molar-refractivity contribution in [2.24, 2.45) is 11.8 Å². The lowest BCUT2D eigenvalue weighted by atomic mass is 9.86. The van der Waals surface area contributed by atoms with Gasteiger partial charge in [-0.15, -0.1) is 0 Å². The lowest BCUT2D eigenvalue weighted by molar-refractivity contribution is -0.204. The highest BCUT2D eigenvalue weighted by atomic mass is 16.7. The lowest BCUT2D eigenvalue weighted by Gasteiger charge is -2.31. The van der Waals surface area contributed by atoms with Crippen molar-refractivity contribution in [2.75, 3.05) is 20.3 Å². The molecule has 2 aliphatic heterocycles. The van der Waals surface area contributed by atoms with E-state index in [1.54, 1.807) is 0 Å². The molecule has 196 valence electrons. The summed E-state index contributed by atoms with van der Waals surface area (Å²) in [5, 5.41) is 0. The zero-order chi connectivity index (χ0) is 24.3. The molecule has 1 saturated carbocycles. The van der Waals surface area contributed by atoms with Crippen LogP contribution in [-0.4, -0.2) is 57.5 Å². The van der Waals surface area contributed by atoms with E-state index in [-0.39, 0.29) is 42.7 Å². The van der Waals surface area contributed by atoms with Gasteiger partial charge in [0, 0.05) is 33.2 Å². The summed E-state index contributed by atoms with van der Waals surface area (Å²) < 4.78 is 30.7. The predicted octanol–water partition coefficient (Wildman–Crippen LogP) is 5.46. The maximum atomic E-state index is 11.7. The summed E-state index contributed by atoms with van der Waals surface area (Å²) in [5.74, 6) is 0.381. The zero-order valence-corrected chi connectivity index (χ0v) is 21.4. The second kappa shape index (κ2) is 14.4. The summed E-state index contributed by atoms with van der Waals surface area (Å²) in [6.07, 6.45) is 12.5. The smallest absolute Gasteiger partial charge is 0.157 e. The number of rotatable bonds is 13. The van der Waals surface area contributed by atoms with Gasteiger partial charge in [-0.3, -0.25) is 0 Å². The van der Waals surface area contributed by atoms with Crippen LogP contribution in [0.15, 0.2) is 30.3 Å². The highest BCUT2D eigenvalue weighted by Gasteiger charge is 2.46. The van der Waals surface area contributed by atoms with E-state index in [9.17, 15) is 4.79 Å². The molecule has 0 bridgehead atoms. The molecule has 4 rings (SSSR count). The van der Waals surface area contributed by atoms with Crippen molar-refractivity contribution in [1.29, 1.82) is 0 Å². The van der Waals surface area contributed by atoms with Crippen LogP contribution in [0.25, 0.3) is 0 Å². The number of aryl methyl sites for hydroxylation is 1. The zero-order valence-electron chi connectivity index (χ0n) is 21.4. The minimum Gasteiger partial charge on any atom is -0.381 e. The molecular weight excluding hydrogens is 444 g/mol. The van der Waals surface area contributed by atoms with Crippen LogP contribution < -0.4 is 0 Å². The van der Waals surface area contributed by atoms with Crippen molar-refractivity contribution >= 4 is 6.29 Å². The molecule has 35 heavy (non-hydrogen) atoms. The maximum absolute atomic E-state index is 11.7. The third-order valence-electron chi connectivity index (χ3n) is 8.02. The lowest BCUT2D eigenvalue weighted by Crippen LogP contribution is -2.32. The fourth-order valence-corrected chi connectivity index (χ4v) is 6.04. The summed E-state index contributed by atoms with van der Waals surface area (Å²) in [6.45, 7) is 1.52. The predicted molar refractivity (Wildman–Crippen MR) is 134 cm³/mol. The fourth-order valence-electron chi connectivity index (χ4n) is 6.04. The Morgan fingerprint density at radius 1 is 0.914 bits per heavy atom. The third kappa shape index (κ3) is 8.09. The molecule has 3 aliphatic rings. The fraction of sp³-hybridized carbons (Fsp3) is 0.759. The third-order valence-corrected chi connectivity index (χ3v) is 8.02. The van der Waals surface area contributed by atoms with E-state index in [0.29, 0.717) is 6.42 Å². The van der Waals surface area contributed by atoms with Crippen molar-refractivity contribution in [1.82, 2.24) is 0 Å². The van der Waals surface area contributed by atoms with Crippen molar-refractivity contribution in [3.63, 3.8) is 0 Å². The topological polar surface area (TPSA) is 63.2 Å². The number of ether oxygens (including phenoxy) is 5. The van der Waals surface area contributed by atoms with E-state index >= 15 is 0 Å². The Bertz CT molecular complexity index is 715. The molecule has 1 aromatic rings. The molecule has 2 saturated heterocycles. The quantitative estimate of drug-likeness (QED) is 0.344. The monoisotopic (exact) mass is 488 g/mol. The normalized spacial score (nSPS) is 32.4. The van der Waals surface area contributed by atoms with Crippen molar-refractivity contribution in [2.45, 2.75) is 108 Å². The molecule has 6 heteroatoms. The van der Waals surface area contributed by atoms with Gasteiger partial charge in [0.15, 0.2) is 12.6 Å². The van der Waals surface area contributed by atoms with Gasteiger partial charge in [-0.05, 0) is 81.6 Å². The molecule has 2 heterocycles. The number of carbonyl (C=O) groups is 1. The van der Waals surface area contributed by atoms with Crippen LogP contribution in [0, 0.1) is 11.8 Å². The molecule has 7 atom stereocenters. The van der Waals surface area contributed by atoms with Crippen LogP contribution >= 0.6 is 0 Å². The number of hydrogen-bond acceptors (Lipinski definition) is 6. The average Bonchev–Trinajstić information content (AvgIpc) is 3.21. The van der Waals surface area contributed by atoms with E-state index in [0.717, 1.165) is 90.1 Å². The largest absolute Gasteiger partial charge is 0.381 e. The van der Waals surface area contributed by atoms with Crippen LogP contribution in [0.5, 0.6) is 0 Å². The van der Waals surface area contributed by atoms with Gasteiger partial charge in [0.2, 0.25) is 0 Å². The van der Waals surface area contributed by atoms with Crippen LogP contribution in [0.1, 0.15) is 76.2 Å². The standard InChI is InChI=1S/C29H44O6/c1-31-23(14-13-22-9-3-2-4-10-22)15-16-24-25(17-18-30)27(35-29-12-6-8-20-33-29)21-26(24)34-28-11-5-7-19-32-28/h2-4,9-10,18,23-29H,5-8,11-17,19-21H2,1H3/t23-,24+,25+,26+,27-,28?,29?/m0/s1. The Hall–Kier alpha value is -1.31. The first-order valence-electron chi connectivity index (χ1n) is 13.8. The van der Waals surface area contributed by atoms with Gasteiger partial charge < -0.3 is 28.5 Å². The molecule has 1 aromatic carbocycles. The van der Waals surface area contributed by atoms with Gasteiger partial charge in [-0.1, -0.05) is 30.3 Å². The van der Waals surface area contributed by atoms with E-state index in [1.807, 2.05) is 7.11 Å². The van der Waals surface area contributed by atoms with Crippen molar-refractivity contribution < 1.29 is 28.5 Å². The molecule has 1 aliphatic carbocycles. The summed E-state index contributed by atoms with van der Waals surface area (Å²) in [7, 11) is 1.81. The van der Waals surface area contributed by atoms with E-state index in [4.69, 9.17) is 23.7 Å². The number of benzene rings is 1. The van der Waals surface area contributed by atoms with Crippen molar-refractivity contribution in [3.05, 3.63) is 35.9 Å². The van der Waals surface area contributed by atoms with Gasteiger partial charge in [-0.25, -0.2) is 0 Å². The SMILES string of the molecule is CO[C@@H](CCc1ccccc1)CC[C@@H]1[C@@H](CC=O)[C@@H](OC2CCCCO2)C[C@H]1OC1CCCCO1. The molecule has 0 radical (unpaired) electrons. The summed E-state index contributed by atoms with van der Waals surface area (Å²) in [5.41, 5.74) is 1.34. The molecule has 2 unspecified atom stereocenters. The highest BCUT2D eigenvalue weighted by Crippen LogP contribution is 2.43. The van der Waals surface area contributed by atoms with Gasteiger partial charge in [0.05, 0.1) is 18.3 Å². The number of aldehydes is 1. The van der Waals surface area contributed by atoms with Crippen LogP contribution in [0.4, 0.5) is 0 Å². The van der Waals surface area contributed by atoms with Gasteiger partial charge >= 0.3 is 0 Å². The second-order valence-electron chi connectivity index (χ2n) is 10.4. The first kappa shape index (κ1) is 26.7. The van der Waals surface area contributed by atoms with Crippen LogP contribution in [0.2, 0.25) is 0 Å². The Kier molecular flexibility index (Phi) is 11.0. The van der Waals surface area contributed by atoms with Crippen LogP contribution in [0.3, 0.4) is 0 Å². The summed E-state index contributed by atoms with van der Waals surface area (Å²) in [6, 6.07) is 10.6. The molecule has 0 aromatic heterocycles. The Labute approximate surface area is 211 Å². The number of hydrogen-bond donors (Lipinski definition) is 0. The Morgan fingerprint density at radius 3 is 2.14 bits per heavy atom. The summed E-state index contributed by atoms with van der Waals surface area (Å²) >= 11 is 0. The van der Waals surface area contributed by atoms with Crippen molar-refractivity contribution in [3.8, 4) is 0 Å². The molecule has 3 fully saturated rings. The minimum atomic E-state index is -0.161. The number of methoxy groups -OCH3 is 1. The Morgan fingerprint density at radius 2 is 1.57 bits per heavy atom. The minimum absolute atomic E-state index is 0.0211. The molecule has 0 amide bonds. The molecule has 0 N–H and O–H groups in total. The van der Waals surface area contributed by atoms with Gasteiger partial charge in [0.1, 0.15) is 6.29 Å². The van der Waals surface area contributed by atoms with E-state index in [2.05, 4.69) is 30.3 Å². The first-order chi connectivity index (χ1) is 17.3. The number of carbonyl (C=O) groups excluding carboxylic acids is 1.